The van der Waals surface area contributed by atoms with Gasteiger partial charge in [0.2, 0.25) is 0 Å². The van der Waals surface area contributed by atoms with Gasteiger partial charge in [0.15, 0.2) is 0 Å². The minimum Gasteiger partial charge on any atom is -0.326 e. The lowest BCUT2D eigenvalue weighted by molar-refractivity contribution is -0.384. The van der Waals surface area contributed by atoms with Crippen LogP contribution in [0.25, 0.3) is 6.08 Å². The molecular formula is C21H20ClN3O4. The standard InChI is InChI=1S/C21H20ClN3O4/c1-21(13-14-8-5-4-6-9-14)20(27)23(2)17(19(26)24(21)3)12-15-10-7-11-16(22)18(15)25(28)29/h4-12H,13H2,1-3H3. The molecule has 1 fully saturated rings. The van der Waals surface area contributed by atoms with E-state index in [4.69, 9.17) is 11.6 Å². The fourth-order valence-corrected chi connectivity index (χ4v) is 3.74. The van der Waals surface area contributed by atoms with Gasteiger partial charge in [-0.2, -0.15) is 0 Å². The molecule has 1 unspecified atom stereocenters. The molecule has 2 amide bonds. The normalized spacial score (nSPS) is 21.0. The van der Waals surface area contributed by atoms with Crippen molar-refractivity contribution in [3.8, 4) is 0 Å². The average Bonchev–Trinajstić information content (AvgIpc) is 2.69. The van der Waals surface area contributed by atoms with Gasteiger partial charge in [0.1, 0.15) is 16.3 Å². The first kappa shape index (κ1) is 20.5. The Morgan fingerprint density at radius 2 is 1.76 bits per heavy atom. The molecule has 0 N–H and O–H groups in total. The van der Waals surface area contributed by atoms with Crippen molar-refractivity contribution >= 4 is 35.2 Å². The zero-order chi connectivity index (χ0) is 21.3. The van der Waals surface area contributed by atoms with Gasteiger partial charge in [-0.3, -0.25) is 19.7 Å². The lowest BCUT2D eigenvalue weighted by Crippen LogP contribution is -2.64. The van der Waals surface area contributed by atoms with E-state index in [-0.39, 0.29) is 27.9 Å². The number of nitrogens with zero attached hydrogens (tertiary/aromatic N) is 3. The number of rotatable bonds is 4. The Balaban J connectivity index is 2.03. The van der Waals surface area contributed by atoms with Crippen molar-refractivity contribution in [1.82, 2.24) is 9.80 Å². The van der Waals surface area contributed by atoms with Crippen LogP contribution in [0.15, 0.2) is 54.2 Å². The number of benzene rings is 2. The summed E-state index contributed by atoms with van der Waals surface area (Å²) in [6, 6.07) is 13.9. The van der Waals surface area contributed by atoms with E-state index in [2.05, 4.69) is 0 Å². The number of hydrogen-bond acceptors (Lipinski definition) is 4. The molecule has 0 aromatic heterocycles. The van der Waals surface area contributed by atoms with Gasteiger partial charge in [-0.15, -0.1) is 0 Å². The molecule has 29 heavy (non-hydrogen) atoms. The first-order valence-corrected chi connectivity index (χ1v) is 9.29. The molecule has 0 spiro atoms. The van der Waals surface area contributed by atoms with Crippen molar-refractivity contribution in [2.24, 2.45) is 0 Å². The van der Waals surface area contributed by atoms with E-state index in [9.17, 15) is 19.7 Å². The number of nitro groups is 1. The summed E-state index contributed by atoms with van der Waals surface area (Å²) >= 11 is 5.96. The van der Waals surface area contributed by atoms with Crippen LogP contribution in [0.3, 0.4) is 0 Å². The largest absolute Gasteiger partial charge is 0.326 e. The first-order valence-electron chi connectivity index (χ1n) is 8.91. The Labute approximate surface area is 173 Å². The third-order valence-corrected chi connectivity index (χ3v) is 5.58. The maximum absolute atomic E-state index is 13.2. The van der Waals surface area contributed by atoms with Crippen LogP contribution in [0, 0.1) is 10.1 Å². The van der Waals surface area contributed by atoms with E-state index in [1.54, 1.807) is 20.0 Å². The monoisotopic (exact) mass is 413 g/mol. The van der Waals surface area contributed by atoms with Gasteiger partial charge < -0.3 is 9.80 Å². The van der Waals surface area contributed by atoms with E-state index < -0.39 is 16.4 Å². The highest BCUT2D eigenvalue weighted by Gasteiger charge is 2.48. The van der Waals surface area contributed by atoms with Crippen molar-refractivity contribution in [1.29, 1.82) is 0 Å². The van der Waals surface area contributed by atoms with Gasteiger partial charge in [-0.25, -0.2) is 0 Å². The topological polar surface area (TPSA) is 83.8 Å². The predicted molar refractivity (Wildman–Crippen MR) is 110 cm³/mol. The molecule has 1 atom stereocenters. The average molecular weight is 414 g/mol. The van der Waals surface area contributed by atoms with Gasteiger partial charge in [0.05, 0.1) is 10.5 Å². The maximum Gasteiger partial charge on any atom is 0.295 e. The van der Waals surface area contributed by atoms with Crippen molar-refractivity contribution < 1.29 is 14.5 Å². The minimum atomic E-state index is -1.08. The zero-order valence-electron chi connectivity index (χ0n) is 16.3. The number of likely N-dealkylation sites (N-methyl/N-ethyl adjacent to an activating group) is 2. The molecule has 1 saturated heterocycles. The van der Waals surface area contributed by atoms with E-state index >= 15 is 0 Å². The Bertz CT molecular complexity index is 1020. The van der Waals surface area contributed by atoms with Crippen molar-refractivity contribution in [3.05, 3.63) is 80.5 Å². The molecule has 2 aromatic carbocycles. The molecule has 0 saturated carbocycles. The van der Waals surface area contributed by atoms with Gasteiger partial charge in [0, 0.05) is 20.5 Å². The predicted octanol–water partition coefficient (Wildman–Crippen LogP) is 3.52. The van der Waals surface area contributed by atoms with Gasteiger partial charge in [-0.05, 0) is 30.7 Å². The third-order valence-electron chi connectivity index (χ3n) is 5.27. The van der Waals surface area contributed by atoms with Gasteiger partial charge in [0.25, 0.3) is 17.5 Å². The summed E-state index contributed by atoms with van der Waals surface area (Å²) < 4.78 is 0. The SMILES string of the molecule is CN1C(=O)C(C)(Cc2ccccc2)N(C)C(=O)C1=Cc1cccc(Cl)c1[N+](=O)[O-]. The fourth-order valence-electron chi connectivity index (χ4n) is 3.49. The molecule has 7 nitrogen and oxygen atoms in total. The number of para-hydroxylation sites is 1. The summed E-state index contributed by atoms with van der Waals surface area (Å²) in [6.07, 6.45) is 1.69. The summed E-state index contributed by atoms with van der Waals surface area (Å²) in [5.74, 6) is -0.681. The highest BCUT2D eigenvalue weighted by Crippen LogP contribution is 2.34. The number of piperazine rings is 1. The van der Waals surface area contributed by atoms with Crippen molar-refractivity contribution in [3.63, 3.8) is 0 Å². The molecule has 3 rings (SSSR count). The Kier molecular flexibility index (Phi) is 5.44. The van der Waals surface area contributed by atoms with Gasteiger partial charge >= 0.3 is 0 Å². The number of hydrogen-bond donors (Lipinski definition) is 0. The molecule has 1 aliphatic rings. The van der Waals surface area contributed by atoms with Crippen molar-refractivity contribution in [2.75, 3.05) is 14.1 Å². The van der Waals surface area contributed by atoms with E-state index in [0.717, 1.165) is 5.56 Å². The van der Waals surface area contributed by atoms with Crippen LogP contribution in [-0.2, 0) is 16.0 Å². The number of amides is 2. The van der Waals surface area contributed by atoms with Crippen LogP contribution in [-0.4, -0.2) is 46.2 Å². The van der Waals surface area contributed by atoms with E-state index in [1.165, 1.54) is 35.1 Å². The summed E-state index contributed by atoms with van der Waals surface area (Å²) in [4.78, 5) is 39.8. The van der Waals surface area contributed by atoms with Crippen LogP contribution in [0.4, 0.5) is 5.69 Å². The van der Waals surface area contributed by atoms with E-state index in [1.807, 2.05) is 30.3 Å². The van der Waals surface area contributed by atoms with Crippen molar-refractivity contribution in [2.45, 2.75) is 18.9 Å². The summed E-state index contributed by atoms with van der Waals surface area (Å²) in [7, 11) is 3.06. The molecule has 8 heteroatoms. The smallest absolute Gasteiger partial charge is 0.295 e. The second kappa shape index (κ2) is 7.67. The number of carbonyl (C=O) groups excluding carboxylic acids is 2. The zero-order valence-corrected chi connectivity index (χ0v) is 17.0. The first-order chi connectivity index (χ1) is 13.7. The summed E-state index contributed by atoms with van der Waals surface area (Å²) in [5, 5.41) is 11.4. The number of halogens is 1. The lowest BCUT2D eigenvalue weighted by atomic mass is 9.87. The lowest BCUT2D eigenvalue weighted by Gasteiger charge is -2.45. The third kappa shape index (κ3) is 3.61. The summed E-state index contributed by atoms with van der Waals surface area (Å²) in [5.41, 5.74) is -0.256. The second-order valence-corrected chi connectivity index (χ2v) is 7.54. The molecule has 2 aromatic rings. The Hall–Kier alpha value is -3.19. The van der Waals surface area contributed by atoms with Crippen LogP contribution in [0.1, 0.15) is 18.1 Å². The molecule has 0 bridgehead atoms. The van der Waals surface area contributed by atoms with Crippen LogP contribution in [0.2, 0.25) is 5.02 Å². The molecular weight excluding hydrogens is 394 g/mol. The fraction of sp³-hybridized carbons (Fsp3) is 0.238. The molecule has 150 valence electrons. The minimum absolute atomic E-state index is 0.0381. The second-order valence-electron chi connectivity index (χ2n) is 7.13. The highest BCUT2D eigenvalue weighted by molar-refractivity contribution is 6.33. The Morgan fingerprint density at radius 1 is 1.10 bits per heavy atom. The molecule has 0 radical (unpaired) electrons. The Morgan fingerprint density at radius 3 is 2.38 bits per heavy atom. The number of carbonyl (C=O) groups is 2. The van der Waals surface area contributed by atoms with Crippen LogP contribution < -0.4 is 0 Å². The molecule has 0 aliphatic carbocycles. The molecule has 1 aliphatic heterocycles. The van der Waals surface area contributed by atoms with E-state index in [0.29, 0.717) is 6.42 Å². The quantitative estimate of drug-likeness (QED) is 0.436. The molecule has 1 heterocycles. The highest BCUT2D eigenvalue weighted by atomic mass is 35.5. The van der Waals surface area contributed by atoms with Gasteiger partial charge in [-0.1, -0.05) is 48.0 Å². The number of nitro benzene ring substituents is 1. The summed E-state index contributed by atoms with van der Waals surface area (Å²) in [6.45, 7) is 1.72. The maximum atomic E-state index is 13.2. The van der Waals surface area contributed by atoms with Crippen LogP contribution >= 0.6 is 11.6 Å². The van der Waals surface area contributed by atoms with Crippen LogP contribution in [0.5, 0.6) is 0 Å².